The number of H-pyrrole nitrogens is 1. The van der Waals surface area contributed by atoms with Crippen LogP contribution in [0.4, 0.5) is 0 Å². The molecule has 0 amide bonds. The van der Waals surface area contributed by atoms with Crippen molar-refractivity contribution in [2.24, 2.45) is 0 Å². The van der Waals surface area contributed by atoms with E-state index in [9.17, 15) is 10.2 Å². The lowest BCUT2D eigenvalue weighted by Crippen LogP contribution is -1.82. The summed E-state index contributed by atoms with van der Waals surface area (Å²) < 4.78 is 0. The average Bonchev–Trinajstić information content (AvgIpc) is 2.74. The first-order chi connectivity index (χ1) is 8.66. The minimum Gasteiger partial charge on any atom is -0.507 e. The third-order valence-corrected chi connectivity index (χ3v) is 2.86. The van der Waals surface area contributed by atoms with Crippen LogP contribution in [0, 0.1) is 6.92 Å². The second-order valence-corrected chi connectivity index (χ2v) is 4.08. The lowest BCUT2D eigenvalue weighted by atomic mass is 10.1. The van der Waals surface area contributed by atoms with Gasteiger partial charge in [-0.05, 0) is 30.7 Å². The van der Waals surface area contributed by atoms with E-state index >= 15 is 0 Å². The Labute approximate surface area is 103 Å². The quantitative estimate of drug-likeness (QED) is 0.610. The number of hydrogen-bond donors (Lipinski definition) is 3. The van der Waals surface area contributed by atoms with Crippen LogP contribution in [0.25, 0.3) is 22.6 Å². The molecule has 0 unspecified atom stereocenters. The van der Waals surface area contributed by atoms with Gasteiger partial charge in [-0.25, -0.2) is 9.97 Å². The number of hydrogen-bond acceptors (Lipinski definition) is 4. The van der Waals surface area contributed by atoms with Crippen molar-refractivity contribution in [2.45, 2.75) is 6.92 Å². The van der Waals surface area contributed by atoms with Crippen molar-refractivity contribution in [2.75, 3.05) is 0 Å². The molecular weight excluding hydrogens is 230 g/mol. The van der Waals surface area contributed by atoms with E-state index in [4.69, 9.17) is 0 Å². The number of benzene rings is 1. The highest BCUT2D eigenvalue weighted by Crippen LogP contribution is 2.35. The predicted molar refractivity (Wildman–Crippen MR) is 67.4 cm³/mol. The summed E-state index contributed by atoms with van der Waals surface area (Å²) in [5, 5.41) is 19.6. The van der Waals surface area contributed by atoms with Gasteiger partial charge in [-0.3, -0.25) is 0 Å². The highest BCUT2D eigenvalue weighted by Gasteiger charge is 2.14. The topological polar surface area (TPSA) is 82.0 Å². The minimum absolute atomic E-state index is 0.0216. The first-order valence-electron chi connectivity index (χ1n) is 5.49. The molecule has 0 aliphatic carbocycles. The first-order valence-corrected chi connectivity index (χ1v) is 5.49. The Balaban J connectivity index is 2.30. The molecule has 3 aromatic rings. The van der Waals surface area contributed by atoms with Gasteiger partial charge in [0.2, 0.25) is 0 Å². The highest BCUT2D eigenvalue weighted by molar-refractivity contribution is 5.81. The van der Waals surface area contributed by atoms with E-state index in [-0.39, 0.29) is 17.1 Å². The Kier molecular flexibility index (Phi) is 2.19. The molecule has 0 bridgehead atoms. The van der Waals surface area contributed by atoms with Crippen molar-refractivity contribution in [1.29, 1.82) is 0 Å². The maximum Gasteiger partial charge on any atom is 0.178 e. The zero-order valence-electron chi connectivity index (χ0n) is 9.68. The molecule has 0 atom stereocenters. The van der Waals surface area contributed by atoms with Gasteiger partial charge in [0.1, 0.15) is 22.9 Å². The molecule has 2 aromatic heterocycles. The number of nitrogens with zero attached hydrogens (tertiary/aromatic N) is 2. The zero-order chi connectivity index (χ0) is 12.7. The molecule has 0 radical (unpaired) electrons. The van der Waals surface area contributed by atoms with Crippen molar-refractivity contribution in [3.63, 3.8) is 0 Å². The highest BCUT2D eigenvalue weighted by atomic mass is 16.3. The number of phenolic OH excluding ortho intramolecular Hbond substituents is 2. The molecule has 0 saturated heterocycles. The Bertz CT molecular complexity index is 714. The molecule has 0 aliphatic rings. The number of aryl methyl sites for hydroxylation is 1. The summed E-state index contributed by atoms with van der Waals surface area (Å²) in [6.07, 6.45) is 1.67. The van der Waals surface area contributed by atoms with Crippen molar-refractivity contribution >= 4 is 11.2 Å². The van der Waals surface area contributed by atoms with Crippen LogP contribution in [0.1, 0.15) is 5.56 Å². The van der Waals surface area contributed by atoms with E-state index in [2.05, 4.69) is 15.0 Å². The SMILES string of the molecule is Cc1ccnc2nc(-c3c(O)cccc3O)[nH]c12. The maximum atomic E-state index is 9.80. The van der Waals surface area contributed by atoms with Gasteiger partial charge in [0.15, 0.2) is 5.65 Å². The lowest BCUT2D eigenvalue weighted by molar-refractivity contribution is 0.453. The Morgan fingerprint density at radius 1 is 1.11 bits per heavy atom. The monoisotopic (exact) mass is 241 g/mol. The van der Waals surface area contributed by atoms with Crippen molar-refractivity contribution in [3.05, 3.63) is 36.0 Å². The van der Waals surface area contributed by atoms with Gasteiger partial charge < -0.3 is 15.2 Å². The van der Waals surface area contributed by atoms with Crippen LogP contribution in [0.3, 0.4) is 0 Å². The summed E-state index contributed by atoms with van der Waals surface area (Å²) in [6, 6.07) is 6.44. The number of imidazole rings is 1. The van der Waals surface area contributed by atoms with E-state index < -0.39 is 0 Å². The second kappa shape index (κ2) is 3.73. The van der Waals surface area contributed by atoms with E-state index in [1.54, 1.807) is 12.3 Å². The average molecular weight is 241 g/mol. The molecule has 3 rings (SSSR count). The fraction of sp³-hybridized carbons (Fsp3) is 0.0769. The molecule has 5 heteroatoms. The van der Waals surface area contributed by atoms with Gasteiger partial charge in [-0.1, -0.05) is 6.07 Å². The number of aromatic amines is 1. The van der Waals surface area contributed by atoms with Gasteiger partial charge in [0.05, 0.1) is 5.52 Å². The van der Waals surface area contributed by atoms with E-state index in [0.717, 1.165) is 11.1 Å². The molecule has 5 nitrogen and oxygen atoms in total. The number of nitrogens with one attached hydrogen (secondary N) is 1. The van der Waals surface area contributed by atoms with Gasteiger partial charge in [-0.2, -0.15) is 0 Å². The van der Waals surface area contributed by atoms with Gasteiger partial charge in [-0.15, -0.1) is 0 Å². The molecule has 0 fully saturated rings. The molecule has 1 aromatic carbocycles. The summed E-state index contributed by atoms with van der Waals surface area (Å²) in [5.74, 6) is 0.362. The summed E-state index contributed by atoms with van der Waals surface area (Å²) in [7, 11) is 0. The Hall–Kier alpha value is -2.56. The lowest BCUT2D eigenvalue weighted by Gasteiger charge is -2.02. The number of aromatic hydroxyl groups is 2. The van der Waals surface area contributed by atoms with Crippen LogP contribution in [-0.2, 0) is 0 Å². The zero-order valence-corrected chi connectivity index (χ0v) is 9.68. The van der Waals surface area contributed by atoms with Gasteiger partial charge in [0, 0.05) is 6.20 Å². The number of aromatic nitrogens is 3. The van der Waals surface area contributed by atoms with Crippen LogP contribution >= 0.6 is 0 Å². The second-order valence-electron chi connectivity index (χ2n) is 4.08. The number of phenols is 2. The third-order valence-electron chi connectivity index (χ3n) is 2.86. The number of pyridine rings is 1. The molecule has 18 heavy (non-hydrogen) atoms. The van der Waals surface area contributed by atoms with E-state index in [1.807, 2.05) is 13.0 Å². The fourth-order valence-electron chi connectivity index (χ4n) is 1.92. The van der Waals surface area contributed by atoms with Crippen LogP contribution in [-0.4, -0.2) is 25.2 Å². The maximum absolute atomic E-state index is 9.80. The molecule has 90 valence electrons. The van der Waals surface area contributed by atoms with Crippen molar-refractivity contribution in [1.82, 2.24) is 15.0 Å². The first kappa shape index (κ1) is 10.6. The molecule has 3 N–H and O–H groups in total. The van der Waals surface area contributed by atoms with Crippen molar-refractivity contribution < 1.29 is 10.2 Å². The smallest absolute Gasteiger partial charge is 0.178 e. The number of fused-ring (bicyclic) bond motifs is 1. The largest absolute Gasteiger partial charge is 0.507 e. The van der Waals surface area contributed by atoms with Crippen molar-refractivity contribution in [3.8, 4) is 22.9 Å². The summed E-state index contributed by atoms with van der Waals surface area (Å²) in [4.78, 5) is 11.5. The molecule has 0 spiro atoms. The molecule has 0 saturated carbocycles. The summed E-state index contributed by atoms with van der Waals surface area (Å²) >= 11 is 0. The third kappa shape index (κ3) is 1.48. The van der Waals surface area contributed by atoms with E-state index in [0.29, 0.717) is 11.5 Å². The summed E-state index contributed by atoms with van der Waals surface area (Å²) in [6.45, 7) is 1.94. The molecular formula is C13H11N3O2. The van der Waals surface area contributed by atoms with Crippen LogP contribution in [0.5, 0.6) is 11.5 Å². The molecule has 0 aliphatic heterocycles. The normalized spacial score (nSPS) is 10.9. The Morgan fingerprint density at radius 2 is 1.83 bits per heavy atom. The summed E-state index contributed by atoms with van der Waals surface area (Å²) in [5.41, 5.74) is 2.66. The fourth-order valence-corrected chi connectivity index (χ4v) is 1.92. The Morgan fingerprint density at radius 3 is 2.50 bits per heavy atom. The van der Waals surface area contributed by atoms with Gasteiger partial charge in [0.25, 0.3) is 0 Å². The molecule has 2 heterocycles. The van der Waals surface area contributed by atoms with Crippen LogP contribution in [0.15, 0.2) is 30.5 Å². The van der Waals surface area contributed by atoms with Gasteiger partial charge >= 0.3 is 0 Å². The van der Waals surface area contributed by atoms with Crippen LogP contribution in [0.2, 0.25) is 0 Å². The predicted octanol–water partition coefficient (Wildman–Crippen LogP) is 2.34. The standard InChI is InChI=1S/C13H11N3O2/c1-7-5-6-14-13-11(7)15-12(16-13)10-8(17)3-2-4-9(10)18/h2-6,17-18H,1H3,(H,14,15,16). The van der Waals surface area contributed by atoms with E-state index in [1.165, 1.54) is 12.1 Å². The van der Waals surface area contributed by atoms with Crippen LogP contribution < -0.4 is 0 Å². The number of rotatable bonds is 1. The minimum atomic E-state index is -0.0216.